The van der Waals surface area contributed by atoms with Crippen molar-refractivity contribution in [1.29, 1.82) is 0 Å². The maximum absolute atomic E-state index is 6.58. The molecule has 0 bridgehead atoms. The molecule has 0 saturated heterocycles. The third-order valence-electron chi connectivity index (χ3n) is 11.6. The molecule has 0 unspecified atom stereocenters. The van der Waals surface area contributed by atoms with Crippen LogP contribution in [0.4, 0.5) is 34.1 Å². The normalized spacial score (nSPS) is 16.0. The summed E-state index contributed by atoms with van der Waals surface area (Å²) >= 11 is 0. The second-order valence-electron chi connectivity index (χ2n) is 14.6. The Hall–Kier alpha value is -6.06. The lowest BCUT2D eigenvalue weighted by Gasteiger charge is -2.37. The van der Waals surface area contributed by atoms with E-state index in [4.69, 9.17) is 4.42 Å². The molecule has 0 amide bonds. The summed E-state index contributed by atoms with van der Waals surface area (Å²) in [5.41, 5.74) is 17.2. The first kappa shape index (κ1) is 30.7. The van der Waals surface area contributed by atoms with Gasteiger partial charge in [-0.1, -0.05) is 91.0 Å². The molecule has 10 rings (SSSR count). The summed E-state index contributed by atoms with van der Waals surface area (Å²) in [4.78, 5) is 4.98. The summed E-state index contributed by atoms with van der Waals surface area (Å²) in [5, 5.41) is 2.38. The Morgan fingerprint density at radius 3 is 1.56 bits per heavy atom. The molecule has 3 nitrogen and oxygen atoms in total. The van der Waals surface area contributed by atoms with Gasteiger partial charge in [0.15, 0.2) is 0 Å². The van der Waals surface area contributed by atoms with Gasteiger partial charge in [0.25, 0.3) is 0 Å². The van der Waals surface area contributed by atoms with E-state index in [9.17, 15) is 0 Å². The summed E-state index contributed by atoms with van der Waals surface area (Å²) in [7, 11) is 0. The van der Waals surface area contributed by atoms with Gasteiger partial charge in [-0.25, -0.2) is 0 Å². The SMILES string of the molecule is Cc1cc2c(cc1N(c1ccccc1)c1cccc3c1[C@]1(CCc4cccc(N(c5ccccc5)c5ccccc5)c41)CC3)oc1cccc(C)c12. The van der Waals surface area contributed by atoms with Crippen LogP contribution in [0.5, 0.6) is 0 Å². The minimum absolute atomic E-state index is 0.138. The van der Waals surface area contributed by atoms with E-state index in [0.717, 1.165) is 48.2 Å². The van der Waals surface area contributed by atoms with Crippen LogP contribution in [0.2, 0.25) is 0 Å². The minimum atomic E-state index is -0.138. The highest BCUT2D eigenvalue weighted by Gasteiger charge is 2.49. The number of benzene rings is 7. The molecule has 1 aromatic heterocycles. The molecule has 0 aliphatic heterocycles. The first-order valence-electron chi connectivity index (χ1n) is 18.5. The van der Waals surface area contributed by atoms with Gasteiger partial charge in [-0.05, 0) is 134 Å². The first-order chi connectivity index (χ1) is 25.6. The number of aryl methyl sites for hydroxylation is 4. The van der Waals surface area contributed by atoms with Crippen molar-refractivity contribution in [2.24, 2.45) is 0 Å². The van der Waals surface area contributed by atoms with E-state index in [1.165, 1.54) is 66.9 Å². The van der Waals surface area contributed by atoms with Crippen molar-refractivity contribution in [3.05, 3.63) is 191 Å². The fraction of sp³-hybridized carbons (Fsp3) is 0.143. The molecule has 0 radical (unpaired) electrons. The van der Waals surface area contributed by atoms with Crippen molar-refractivity contribution in [2.45, 2.75) is 44.9 Å². The molecular formula is C49H40N2O. The lowest BCUT2D eigenvalue weighted by atomic mass is 9.74. The molecule has 2 aliphatic carbocycles. The third kappa shape index (κ3) is 4.65. The van der Waals surface area contributed by atoms with E-state index >= 15 is 0 Å². The second-order valence-corrected chi connectivity index (χ2v) is 14.6. The van der Waals surface area contributed by atoms with E-state index in [-0.39, 0.29) is 5.41 Å². The number of furan rings is 1. The Bertz CT molecular complexity index is 2560. The molecule has 0 fully saturated rings. The molecule has 2 aliphatic rings. The molecule has 1 heterocycles. The van der Waals surface area contributed by atoms with Crippen LogP contribution in [0.15, 0.2) is 162 Å². The van der Waals surface area contributed by atoms with Gasteiger partial charge < -0.3 is 14.2 Å². The third-order valence-corrected chi connectivity index (χ3v) is 11.6. The van der Waals surface area contributed by atoms with Gasteiger partial charge in [0.1, 0.15) is 11.2 Å². The summed E-state index contributed by atoms with van der Waals surface area (Å²) in [5.74, 6) is 0. The van der Waals surface area contributed by atoms with Gasteiger partial charge in [0.05, 0.1) is 17.1 Å². The number of fused-ring (bicyclic) bond motifs is 7. The van der Waals surface area contributed by atoms with Crippen LogP contribution in [0.3, 0.4) is 0 Å². The van der Waals surface area contributed by atoms with Crippen LogP contribution in [0.25, 0.3) is 21.9 Å². The molecule has 7 aromatic carbocycles. The van der Waals surface area contributed by atoms with Crippen molar-refractivity contribution in [3.8, 4) is 0 Å². The quantitative estimate of drug-likeness (QED) is 0.175. The second kappa shape index (κ2) is 12.0. The Balaban J connectivity index is 1.21. The lowest BCUT2D eigenvalue weighted by Crippen LogP contribution is -2.27. The topological polar surface area (TPSA) is 19.6 Å². The molecule has 1 spiro atoms. The van der Waals surface area contributed by atoms with Gasteiger partial charge >= 0.3 is 0 Å². The molecule has 8 aromatic rings. The fourth-order valence-corrected chi connectivity index (χ4v) is 9.47. The number of nitrogens with zero attached hydrogens (tertiary/aromatic N) is 2. The van der Waals surface area contributed by atoms with E-state index in [0.29, 0.717) is 0 Å². The van der Waals surface area contributed by atoms with E-state index < -0.39 is 0 Å². The lowest BCUT2D eigenvalue weighted by molar-refractivity contribution is 0.508. The van der Waals surface area contributed by atoms with Gasteiger partial charge in [-0.3, -0.25) is 0 Å². The molecule has 52 heavy (non-hydrogen) atoms. The number of para-hydroxylation sites is 3. The monoisotopic (exact) mass is 672 g/mol. The average molecular weight is 673 g/mol. The van der Waals surface area contributed by atoms with Gasteiger partial charge in [-0.2, -0.15) is 0 Å². The molecule has 252 valence electrons. The van der Waals surface area contributed by atoms with E-state index in [1.54, 1.807) is 0 Å². The highest BCUT2D eigenvalue weighted by Crippen LogP contribution is 2.60. The Morgan fingerprint density at radius 2 is 0.981 bits per heavy atom. The predicted molar refractivity (Wildman–Crippen MR) is 216 cm³/mol. The van der Waals surface area contributed by atoms with Crippen molar-refractivity contribution in [3.63, 3.8) is 0 Å². The summed E-state index contributed by atoms with van der Waals surface area (Å²) in [6.45, 7) is 4.43. The largest absolute Gasteiger partial charge is 0.456 e. The molecule has 0 saturated carbocycles. The van der Waals surface area contributed by atoms with Crippen LogP contribution >= 0.6 is 0 Å². The maximum Gasteiger partial charge on any atom is 0.137 e. The van der Waals surface area contributed by atoms with Crippen LogP contribution in [0, 0.1) is 13.8 Å². The summed E-state index contributed by atoms with van der Waals surface area (Å²) in [6.07, 6.45) is 4.29. The van der Waals surface area contributed by atoms with Gasteiger partial charge in [0, 0.05) is 39.3 Å². The number of hydrogen-bond acceptors (Lipinski definition) is 3. The van der Waals surface area contributed by atoms with E-state index in [1.807, 2.05) is 0 Å². The van der Waals surface area contributed by atoms with Crippen molar-refractivity contribution >= 4 is 56.1 Å². The first-order valence-corrected chi connectivity index (χ1v) is 18.5. The standard InChI is InChI=1S/C49H40N2O/c1-33-15-12-26-44-46(33)40-31-34(2)43(32-45(40)52-44)51(39-22-10-5-11-23-39)42-25-14-17-36-28-30-49(48(36)42)29-27-35-16-13-24-41(47(35)49)50(37-18-6-3-7-19-37)38-20-8-4-9-21-38/h3-26,31-32H,27-30H2,1-2H3/t49-/m1/s1. The van der Waals surface area contributed by atoms with Crippen molar-refractivity contribution in [2.75, 3.05) is 9.80 Å². The van der Waals surface area contributed by atoms with E-state index in [2.05, 4.69) is 181 Å². The Kier molecular flexibility index (Phi) is 7.11. The molecule has 1 atom stereocenters. The molecule has 0 N–H and O–H groups in total. The number of hydrogen-bond donors (Lipinski definition) is 0. The average Bonchev–Trinajstić information content (AvgIpc) is 3.88. The number of rotatable bonds is 6. The van der Waals surface area contributed by atoms with Crippen LogP contribution in [-0.2, 0) is 18.3 Å². The van der Waals surface area contributed by atoms with Crippen LogP contribution in [-0.4, -0.2) is 0 Å². The smallest absolute Gasteiger partial charge is 0.137 e. The van der Waals surface area contributed by atoms with Gasteiger partial charge in [0.2, 0.25) is 0 Å². The van der Waals surface area contributed by atoms with Gasteiger partial charge in [-0.15, -0.1) is 0 Å². The zero-order valence-electron chi connectivity index (χ0n) is 29.6. The van der Waals surface area contributed by atoms with Crippen molar-refractivity contribution < 1.29 is 4.42 Å². The Labute approximate surface area is 305 Å². The molecular weight excluding hydrogens is 633 g/mol. The van der Waals surface area contributed by atoms with Crippen LogP contribution < -0.4 is 9.80 Å². The highest BCUT2D eigenvalue weighted by molar-refractivity contribution is 6.08. The van der Waals surface area contributed by atoms with Crippen LogP contribution in [0.1, 0.15) is 46.2 Å². The maximum atomic E-state index is 6.58. The minimum Gasteiger partial charge on any atom is -0.456 e. The zero-order chi connectivity index (χ0) is 34.8. The highest BCUT2D eigenvalue weighted by atomic mass is 16.3. The summed E-state index contributed by atoms with van der Waals surface area (Å²) in [6, 6.07) is 57.6. The fourth-order valence-electron chi connectivity index (χ4n) is 9.47. The number of anilines is 6. The summed E-state index contributed by atoms with van der Waals surface area (Å²) < 4.78 is 6.58. The van der Waals surface area contributed by atoms with Crippen molar-refractivity contribution in [1.82, 2.24) is 0 Å². The molecule has 3 heteroatoms. The Morgan fingerprint density at radius 1 is 0.462 bits per heavy atom. The zero-order valence-corrected chi connectivity index (χ0v) is 29.6. The predicted octanol–water partition coefficient (Wildman–Crippen LogP) is 13.3.